The highest BCUT2D eigenvalue weighted by atomic mass is 16.5. The van der Waals surface area contributed by atoms with Gasteiger partial charge in [0.15, 0.2) is 5.75 Å². The summed E-state index contributed by atoms with van der Waals surface area (Å²) in [6, 6.07) is 8.03. The second-order valence-electron chi connectivity index (χ2n) is 6.49. The molecule has 0 spiro atoms. The van der Waals surface area contributed by atoms with E-state index >= 15 is 0 Å². The molecule has 1 amide bonds. The summed E-state index contributed by atoms with van der Waals surface area (Å²) in [5.74, 6) is 1.43. The Morgan fingerprint density at radius 3 is 3.00 bits per heavy atom. The van der Waals surface area contributed by atoms with Crippen LogP contribution in [0.4, 0.5) is 0 Å². The van der Waals surface area contributed by atoms with Crippen molar-refractivity contribution in [2.24, 2.45) is 5.92 Å². The molecule has 2 heterocycles. The molecular formula is C18H22N2O3. The molecule has 122 valence electrons. The number of aromatic nitrogens is 1. The number of carbonyl (C=O) groups excluding carboxylic acids is 1. The Hall–Kier alpha value is -2.01. The lowest BCUT2D eigenvalue weighted by atomic mass is 10.1. The van der Waals surface area contributed by atoms with Crippen LogP contribution in [0.2, 0.25) is 0 Å². The third-order valence-electron chi connectivity index (χ3n) is 4.87. The van der Waals surface area contributed by atoms with E-state index < -0.39 is 0 Å². The Labute approximate surface area is 135 Å². The zero-order valence-electron chi connectivity index (χ0n) is 13.4. The number of nitrogens with zero attached hydrogens (tertiary/aromatic N) is 1. The molecule has 0 bridgehead atoms. The van der Waals surface area contributed by atoms with Crippen molar-refractivity contribution < 1.29 is 14.3 Å². The monoisotopic (exact) mass is 314 g/mol. The summed E-state index contributed by atoms with van der Waals surface area (Å²) in [6.45, 7) is 1.90. The highest BCUT2D eigenvalue weighted by Gasteiger charge is 2.35. The van der Waals surface area contributed by atoms with Gasteiger partial charge in [-0.1, -0.05) is 25.0 Å². The maximum atomic E-state index is 13.1. The first-order valence-electron chi connectivity index (χ1n) is 8.31. The van der Waals surface area contributed by atoms with E-state index in [1.807, 2.05) is 29.2 Å². The molecule has 1 aromatic carbocycles. The molecule has 1 aromatic heterocycles. The molecule has 2 aromatic rings. The normalized spacial score (nSPS) is 21.6. The largest absolute Gasteiger partial charge is 0.494 e. The Kier molecular flexibility index (Phi) is 3.73. The zero-order chi connectivity index (χ0) is 15.8. The minimum absolute atomic E-state index is 0.0204. The van der Waals surface area contributed by atoms with Crippen LogP contribution in [-0.2, 0) is 4.74 Å². The van der Waals surface area contributed by atoms with Gasteiger partial charge in [0.2, 0.25) is 0 Å². The number of ether oxygens (including phenoxy) is 2. The number of carbonyl (C=O) groups is 1. The van der Waals surface area contributed by atoms with Crippen molar-refractivity contribution in [3.63, 3.8) is 0 Å². The average Bonchev–Trinajstić information content (AvgIpc) is 3.32. The van der Waals surface area contributed by atoms with Crippen molar-refractivity contribution in [1.29, 1.82) is 0 Å². The van der Waals surface area contributed by atoms with Gasteiger partial charge in [-0.2, -0.15) is 0 Å². The maximum absolute atomic E-state index is 13.1. The molecule has 1 aliphatic carbocycles. The van der Waals surface area contributed by atoms with Crippen molar-refractivity contribution in [3.05, 3.63) is 30.0 Å². The van der Waals surface area contributed by atoms with Crippen molar-refractivity contribution in [3.8, 4) is 5.75 Å². The van der Waals surface area contributed by atoms with Gasteiger partial charge in [0.25, 0.3) is 5.91 Å². The number of para-hydroxylation sites is 1. The van der Waals surface area contributed by atoms with Crippen LogP contribution in [0.1, 0.15) is 29.8 Å². The number of fused-ring (bicyclic) bond motifs is 1. The lowest BCUT2D eigenvalue weighted by Gasteiger charge is -2.35. The van der Waals surface area contributed by atoms with Gasteiger partial charge >= 0.3 is 0 Å². The third-order valence-corrected chi connectivity index (χ3v) is 4.87. The summed E-state index contributed by atoms with van der Waals surface area (Å²) >= 11 is 0. The first-order valence-corrected chi connectivity index (χ1v) is 8.31. The third kappa shape index (κ3) is 2.70. The van der Waals surface area contributed by atoms with Gasteiger partial charge in [-0.25, -0.2) is 0 Å². The van der Waals surface area contributed by atoms with Crippen LogP contribution in [0.15, 0.2) is 24.3 Å². The number of aromatic amines is 1. The second-order valence-corrected chi connectivity index (χ2v) is 6.49. The zero-order valence-corrected chi connectivity index (χ0v) is 13.4. The summed E-state index contributed by atoms with van der Waals surface area (Å²) in [5.41, 5.74) is 1.48. The number of morpholine rings is 1. The number of nitrogens with one attached hydrogen (secondary N) is 1. The van der Waals surface area contributed by atoms with E-state index in [1.54, 1.807) is 7.11 Å². The fraction of sp³-hybridized carbons (Fsp3) is 0.500. The first kappa shape index (κ1) is 14.6. The summed E-state index contributed by atoms with van der Waals surface area (Å²) in [5, 5.41) is 0.949. The van der Waals surface area contributed by atoms with Gasteiger partial charge in [-0.05, 0) is 24.5 Å². The summed E-state index contributed by atoms with van der Waals surface area (Å²) in [4.78, 5) is 18.3. The lowest BCUT2D eigenvalue weighted by Crippen LogP contribution is -2.49. The van der Waals surface area contributed by atoms with Crippen LogP contribution < -0.4 is 4.74 Å². The van der Waals surface area contributed by atoms with E-state index in [4.69, 9.17) is 9.47 Å². The number of hydrogen-bond donors (Lipinski definition) is 1. The number of H-pyrrole nitrogens is 1. The Morgan fingerprint density at radius 2 is 2.22 bits per heavy atom. The summed E-state index contributed by atoms with van der Waals surface area (Å²) in [6.07, 6.45) is 3.62. The van der Waals surface area contributed by atoms with Crippen LogP contribution in [0.25, 0.3) is 10.9 Å². The minimum Gasteiger partial charge on any atom is -0.494 e. The molecule has 2 fully saturated rings. The van der Waals surface area contributed by atoms with Gasteiger partial charge < -0.3 is 19.4 Å². The molecule has 0 radical (unpaired) electrons. The van der Waals surface area contributed by atoms with Crippen molar-refractivity contribution in [2.45, 2.75) is 25.3 Å². The molecule has 23 heavy (non-hydrogen) atoms. The van der Waals surface area contributed by atoms with Gasteiger partial charge in [0, 0.05) is 17.4 Å². The number of hydrogen-bond acceptors (Lipinski definition) is 3. The number of amides is 1. The van der Waals surface area contributed by atoms with Crippen LogP contribution in [0.3, 0.4) is 0 Å². The SMILES string of the molecule is COc1c(C(=O)N2CCOCC2CC2CC2)[nH]c2ccccc12. The molecule has 1 unspecified atom stereocenters. The van der Waals surface area contributed by atoms with E-state index in [9.17, 15) is 4.79 Å². The molecular weight excluding hydrogens is 292 g/mol. The van der Waals surface area contributed by atoms with E-state index in [0.717, 1.165) is 23.2 Å². The van der Waals surface area contributed by atoms with Gasteiger partial charge in [-0.3, -0.25) is 4.79 Å². The van der Waals surface area contributed by atoms with E-state index in [0.29, 0.717) is 31.2 Å². The molecule has 1 saturated heterocycles. The van der Waals surface area contributed by atoms with Crippen LogP contribution in [0, 0.1) is 5.92 Å². The molecule has 4 rings (SSSR count). The topological polar surface area (TPSA) is 54.6 Å². The Bertz CT molecular complexity index is 720. The quantitative estimate of drug-likeness (QED) is 0.944. The van der Waals surface area contributed by atoms with Crippen LogP contribution >= 0.6 is 0 Å². The molecule has 2 aliphatic rings. The Morgan fingerprint density at radius 1 is 1.39 bits per heavy atom. The number of benzene rings is 1. The van der Waals surface area contributed by atoms with E-state index in [-0.39, 0.29) is 11.9 Å². The van der Waals surface area contributed by atoms with Gasteiger partial charge in [-0.15, -0.1) is 0 Å². The highest BCUT2D eigenvalue weighted by Crippen LogP contribution is 2.36. The predicted octanol–water partition coefficient (Wildman–Crippen LogP) is 2.82. The van der Waals surface area contributed by atoms with Crippen LogP contribution in [0.5, 0.6) is 5.75 Å². The van der Waals surface area contributed by atoms with Crippen molar-refractivity contribution in [2.75, 3.05) is 26.9 Å². The van der Waals surface area contributed by atoms with Crippen molar-refractivity contribution >= 4 is 16.8 Å². The molecule has 1 saturated carbocycles. The van der Waals surface area contributed by atoms with Gasteiger partial charge in [0.05, 0.1) is 26.4 Å². The van der Waals surface area contributed by atoms with Gasteiger partial charge in [0.1, 0.15) is 5.69 Å². The average molecular weight is 314 g/mol. The highest BCUT2D eigenvalue weighted by molar-refractivity contribution is 6.03. The Balaban J connectivity index is 1.66. The molecule has 1 aliphatic heterocycles. The number of methoxy groups -OCH3 is 1. The standard InChI is InChI=1S/C18H22N2O3/c1-22-17-14-4-2-3-5-15(14)19-16(17)18(21)20-8-9-23-11-13(20)10-12-6-7-12/h2-5,12-13,19H,6-11H2,1H3. The fourth-order valence-electron chi connectivity index (χ4n) is 3.48. The maximum Gasteiger partial charge on any atom is 0.274 e. The second kappa shape index (κ2) is 5.89. The minimum atomic E-state index is 0.0204. The summed E-state index contributed by atoms with van der Waals surface area (Å²) < 4.78 is 11.1. The number of rotatable bonds is 4. The fourth-order valence-corrected chi connectivity index (χ4v) is 3.48. The van der Waals surface area contributed by atoms with Crippen molar-refractivity contribution in [1.82, 2.24) is 9.88 Å². The van der Waals surface area contributed by atoms with E-state index in [1.165, 1.54) is 12.8 Å². The van der Waals surface area contributed by atoms with Crippen LogP contribution in [-0.4, -0.2) is 48.7 Å². The molecule has 5 heteroatoms. The summed E-state index contributed by atoms with van der Waals surface area (Å²) in [7, 11) is 1.62. The smallest absolute Gasteiger partial charge is 0.274 e. The molecule has 1 N–H and O–H groups in total. The lowest BCUT2D eigenvalue weighted by molar-refractivity contribution is -0.00608. The first-order chi connectivity index (χ1) is 11.3. The predicted molar refractivity (Wildman–Crippen MR) is 87.8 cm³/mol. The molecule has 5 nitrogen and oxygen atoms in total. The van der Waals surface area contributed by atoms with E-state index in [2.05, 4.69) is 4.98 Å². The molecule has 1 atom stereocenters.